The first kappa shape index (κ1) is 28.7. The van der Waals surface area contributed by atoms with Gasteiger partial charge in [-0.2, -0.15) is 0 Å². The lowest BCUT2D eigenvalue weighted by molar-refractivity contribution is 0.506. The molecule has 0 fully saturated rings. The van der Waals surface area contributed by atoms with E-state index < -0.39 is 0 Å². The summed E-state index contributed by atoms with van der Waals surface area (Å²) in [4.78, 5) is 20.5. The maximum Gasteiger partial charge on any atom is 0.0737 e. The van der Waals surface area contributed by atoms with E-state index in [1.807, 2.05) is 0 Å². The first-order valence-electron chi connectivity index (χ1n) is 16.6. The second kappa shape index (κ2) is 12.0. The van der Waals surface area contributed by atoms with E-state index in [-0.39, 0.29) is 0 Å². The zero-order valence-electron chi connectivity index (χ0n) is 27.1. The fourth-order valence-corrected chi connectivity index (χ4v) is 7.00. The second-order valence-corrected chi connectivity index (χ2v) is 12.5. The minimum atomic E-state index is 0.824. The predicted octanol–water partition coefficient (Wildman–Crippen LogP) is 10.5. The molecule has 0 amide bonds. The Kier molecular flexibility index (Phi) is 7.02. The maximum absolute atomic E-state index is 5.38. The zero-order chi connectivity index (χ0) is 32.7. The lowest BCUT2D eigenvalue weighted by atomic mass is 10.0. The third-order valence-corrected chi connectivity index (χ3v) is 9.34. The van der Waals surface area contributed by atoms with E-state index >= 15 is 0 Å². The molecular formula is C44H33N5. The van der Waals surface area contributed by atoms with Gasteiger partial charge >= 0.3 is 0 Å². The number of likely N-dealkylation sites (N-methyl/N-ethyl adjacent to an activating group) is 1. The lowest BCUT2D eigenvalue weighted by Gasteiger charge is -2.17. The number of nitrogens with zero attached hydrogens (tertiary/aromatic N) is 3. The van der Waals surface area contributed by atoms with Gasteiger partial charge in [-0.3, -0.25) is 0 Å². The molecule has 0 saturated carbocycles. The number of allylic oxidation sites excluding steroid dienone is 2. The first-order chi connectivity index (χ1) is 24.2. The van der Waals surface area contributed by atoms with Crippen molar-refractivity contribution < 1.29 is 0 Å². The summed E-state index contributed by atoms with van der Waals surface area (Å²) in [5.74, 6) is 0. The molecule has 0 atom stereocenters. The summed E-state index contributed by atoms with van der Waals surface area (Å²) in [6, 6.07) is 40.3. The van der Waals surface area contributed by atoms with Crippen LogP contribution in [0.1, 0.15) is 28.3 Å². The van der Waals surface area contributed by atoms with Gasteiger partial charge in [0.25, 0.3) is 0 Å². The summed E-state index contributed by atoms with van der Waals surface area (Å²) < 4.78 is 0. The van der Waals surface area contributed by atoms with Gasteiger partial charge in [-0.15, -0.1) is 0 Å². The van der Waals surface area contributed by atoms with Crippen LogP contribution in [0, 0.1) is 0 Å². The molecule has 5 nitrogen and oxygen atoms in total. The quantitative estimate of drug-likeness (QED) is 0.203. The van der Waals surface area contributed by atoms with Crippen LogP contribution in [0.15, 0.2) is 134 Å². The molecule has 2 N–H and O–H groups in total. The van der Waals surface area contributed by atoms with Crippen LogP contribution in [0.2, 0.25) is 0 Å². The Labute approximate surface area is 285 Å². The Morgan fingerprint density at radius 1 is 0.449 bits per heavy atom. The molecule has 6 heterocycles. The van der Waals surface area contributed by atoms with Crippen LogP contribution in [-0.4, -0.2) is 38.4 Å². The van der Waals surface area contributed by atoms with Crippen molar-refractivity contribution in [2.24, 2.45) is 0 Å². The number of fused-ring (bicyclic) bond motifs is 8. The molecule has 8 bridgehead atoms. The fourth-order valence-electron chi connectivity index (χ4n) is 7.00. The number of hydrogen-bond acceptors (Lipinski definition) is 3. The van der Waals surface area contributed by atoms with Gasteiger partial charge in [0, 0.05) is 57.9 Å². The molecule has 6 aromatic rings. The molecule has 3 aliphatic heterocycles. The molecule has 3 aromatic heterocycles. The number of H-pyrrole nitrogens is 2. The average Bonchev–Trinajstić information content (AvgIpc) is 3.98. The summed E-state index contributed by atoms with van der Waals surface area (Å²) in [5, 5.41) is 0. The summed E-state index contributed by atoms with van der Waals surface area (Å²) in [6.07, 6.45) is 15.2. The van der Waals surface area contributed by atoms with E-state index in [1.54, 1.807) is 0 Å². The van der Waals surface area contributed by atoms with Crippen LogP contribution in [0.25, 0.3) is 85.3 Å². The summed E-state index contributed by atoms with van der Waals surface area (Å²) >= 11 is 0. The van der Waals surface area contributed by atoms with Gasteiger partial charge in [0.2, 0.25) is 0 Å². The summed E-state index contributed by atoms with van der Waals surface area (Å²) in [5.41, 5.74) is 16.3. The Bertz CT molecular complexity index is 2480. The molecule has 3 aliphatic rings. The average molecular weight is 632 g/mol. The molecule has 3 aromatic carbocycles. The molecule has 0 unspecified atom stereocenters. The minimum Gasteiger partial charge on any atom is -0.377 e. The number of nitrogens with one attached hydrogen (secondary N) is 2. The van der Waals surface area contributed by atoms with Crippen molar-refractivity contribution in [3.8, 4) is 33.4 Å². The smallest absolute Gasteiger partial charge is 0.0737 e. The van der Waals surface area contributed by atoms with Gasteiger partial charge in [0.1, 0.15) is 0 Å². The normalized spacial score (nSPS) is 13.6. The van der Waals surface area contributed by atoms with E-state index in [0.29, 0.717) is 0 Å². The van der Waals surface area contributed by atoms with E-state index in [4.69, 9.17) is 9.97 Å². The third-order valence-electron chi connectivity index (χ3n) is 9.34. The third kappa shape index (κ3) is 5.22. The Morgan fingerprint density at radius 3 is 1.18 bits per heavy atom. The molecule has 49 heavy (non-hydrogen) atoms. The zero-order valence-corrected chi connectivity index (χ0v) is 27.1. The fraction of sp³-hybridized carbons (Fsp3) is 0.0455. The molecule has 5 heteroatoms. The van der Waals surface area contributed by atoms with Gasteiger partial charge in [-0.05, 0) is 83.1 Å². The standard InChI is InChI=1S/C44H33N5/c1-49-27-25-32(26-28-49)44-39-23-21-37(47-39)42(30-13-7-3-8-14-30)35-19-17-33(45-35)41(29-11-5-2-6-12-29)34-18-20-36(46-34)43(31-15-9-4-10-16-31)38-22-24-40(44)48-38/h2-27,45,48H,28H2,1H3. The predicted molar refractivity (Wildman–Crippen MR) is 205 cm³/mol. The van der Waals surface area contributed by atoms with E-state index in [9.17, 15) is 0 Å². The number of rotatable bonds is 4. The Morgan fingerprint density at radius 2 is 0.816 bits per heavy atom. The number of aromatic nitrogens is 4. The monoisotopic (exact) mass is 631 g/mol. The van der Waals surface area contributed by atoms with Crippen LogP contribution in [0.5, 0.6) is 0 Å². The largest absolute Gasteiger partial charge is 0.377 e. The van der Waals surface area contributed by atoms with Gasteiger partial charge in [-0.25, -0.2) is 9.97 Å². The minimum absolute atomic E-state index is 0.824. The van der Waals surface area contributed by atoms with Crippen molar-refractivity contribution >= 4 is 51.9 Å². The van der Waals surface area contributed by atoms with E-state index in [2.05, 4.69) is 180 Å². The van der Waals surface area contributed by atoms with Crippen molar-refractivity contribution in [1.82, 2.24) is 24.8 Å². The Balaban J connectivity index is 1.47. The highest BCUT2D eigenvalue weighted by atomic mass is 15.1. The second-order valence-electron chi connectivity index (χ2n) is 12.5. The van der Waals surface area contributed by atoms with E-state index in [0.717, 1.165) is 95.9 Å². The summed E-state index contributed by atoms with van der Waals surface area (Å²) in [6.45, 7) is 0.824. The molecule has 0 spiro atoms. The van der Waals surface area contributed by atoms with Crippen molar-refractivity contribution in [3.05, 3.63) is 162 Å². The molecule has 0 radical (unpaired) electrons. The number of benzene rings is 3. The molecule has 0 saturated heterocycles. The lowest BCUT2D eigenvalue weighted by Crippen LogP contribution is -2.13. The van der Waals surface area contributed by atoms with Crippen molar-refractivity contribution in [1.29, 1.82) is 0 Å². The number of hydrogen-bond donors (Lipinski definition) is 2. The van der Waals surface area contributed by atoms with E-state index in [1.165, 1.54) is 0 Å². The van der Waals surface area contributed by atoms with Crippen molar-refractivity contribution in [3.63, 3.8) is 0 Å². The SMILES string of the molecule is CN1C=CC(c2c3nc(c(-c4ccccc4)c4ccc([nH]4)c(-c4ccccc4)c4nc(c(-c5ccccc5)c5ccc2[nH]5)C=C4)C=C3)=CC1. The van der Waals surface area contributed by atoms with Gasteiger partial charge in [0.15, 0.2) is 0 Å². The van der Waals surface area contributed by atoms with Crippen LogP contribution >= 0.6 is 0 Å². The molecule has 9 rings (SSSR count). The maximum atomic E-state index is 5.38. The van der Waals surface area contributed by atoms with Gasteiger partial charge in [0.05, 0.1) is 22.8 Å². The van der Waals surface area contributed by atoms with Crippen LogP contribution in [0.4, 0.5) is 0 Å². The van der Waals surface area contributed by atoms with Crippen LogP contribution in [-0.2, 0) is 0 Å². The van der Waals surface area contributed by atoms with Gasteiger partial charge < -0.3 is 14.9 Å². The van der Waals surface area contributed by atoms with Crippen molar-refractivity contribution in [2.45, 2.75) is 0 Å². The molecule has 0 aliphatic carbocycles. The van der Waals surface area contributed by atoms with Gasteiger partial charge in [-0.1, -0.05) is 97.1 Å². The topological polar surface area (TPSA) is 60.6 Å². The highest BCUT2D eigenvalue weighted by Gasteiger charge is 2.19. The Hall–Kier alpha value is -6.46. The highest BCUT2D eigenvalue weighted by molar-refractivity contribution is 5.99. The first-order valence-corrected chi connectivity index (χ1v) is 16.6. The summed E-state index contributed by atoms with van der Waals surface area (Å²) in [7, 11) is 2.09. The van der Waals surface area contributed by atoms with Crippen molar-refractivity contribution in [2.75, 3.05) is 13.6 Å². The molecule has 234 valence electrons. The van der Waals surface area contributed by atoms with Crippen LogP contribution < -0.4 is 0 Å². The number of aromatic amines is 2. The van der Waals surface area contributed by atoms with Crippen LogP contribution in [0.3, 0.4) is 0 Å². The molecular weight excluding hydrogens is 599 g/mol. The highest BCUT2D eigenvalue weighted by Crippen LogP contribution is 2.37.